The van der Waals surface area contributed by atoms with Crippen LogP contribution in [0.4, 0.5) is 0 Å². The van der Waals surface area contributed by atoms with Gasteiger partial charge < -0.3 is 9.32 Å². The first-order valence-electron chi connectivity index (χ1n) is 11.3. The molecule has 32 heavy (non-hydrogen) atoms. The Kier molecular flexibility index (Phi) is 8.72. The molecular weight excluding hydrogens is 448 g/mol. The van der Waals surface area contributed by atoms with Gasteiger partial charge in [-0.25, -0.2) is 8.42 Å². The number of carbonyl (C=O) groups excluding carboxylic acids is 1. The SMILES string of the molecule is CCN(C(=O)CSc1nnc(-c2cccc(S(=O)(=O)N(CC)CC)c2)o1)C1CCCCC1. The van der Waals surface area contributed by atoms with E-state index in [-0.39, 0.29) is 22.4 Å². The molecule has 8 nitrogen and oxygen atoms in total. The fourth-order valence-electron chi connectivity index (χ4n) is 4.12. The molecule has 0 bridgehead atoms. The van der Waals surface area contributed by atoms with E-state index < -0.39 is 10.0 Å². The number of nitrogens with zero attached hydrogens (tertiary/aromatic N) is 4. The molecule has 0 N–H and O–H groups in total. The Bertz CT molecular complexity index is 999. The molecule has 0 aliphatic heterocycles. The van der Waals surface area contributed by atoms with Gasteiger partial charge in [-0.05, 0) is 38.0 Å². The standard InChI is InChI=1S/C22H32N4O4S2/c1-4-25(5-2)32(28,29)19-14-10-11-17(15-19)21-23-24-22(30-21)31-16-20(27)26(6-3)18-12-8-7-9-13-18/h10-11,14-15,18H,4-9,12-13,16H2,1-3H3. The van der Waals surface area contributed by atoms with Crippen molar-refractivity contribution in [2.75, 3.05) is 25.4 Å². The summed E-state index contributed by atoms with van der Waals surface area (Å²) in [7, 11) is -3.58. The van der Waals surface area contributed by atoms with Crippen LogP contribution in [-0.4, -0.2) is 65.2 Å². The zero-order valence-electron chi connectivity index (χ0n) is 19.0. The van der Waals surface area contributed by atoms with E-state index in [9.17, 15) is 13.2 Å². The zero-order chi connectivity index (χ0) is 23.1. The minimum Gasteiger partial charge on any atom is -0.411 e. The number of aromatic nitrogens is 2. The van der Waals surface area contributed by atoms with Gasteiger partial charge in [-0.3, -0.25) is 4.79 Å². The first-order chi connectivity index (χ1) is 15.4. The lowest BCUT2D eigenvalue weighted by Crippen LogP contribution is -2.42. The maximum absolute atomic E-state index is 12.8. The number of benzene rings is 1. The molecule has 10 heteroatoms. The molecule has 2 aromatic rings. The third kappa shape index (κ3) is 5.71. The number of amides is 1. The predicted molar refractivity (Wildman–Crippen MR) is 125 cm³/mol. The maximum Gasteiger partial charge on any atom is 0.277 e. The Morgan fingerprint density at radius 1 is 1.09 bits per heavy atom. The second kappa shape index (κ2) is 11.3. The van der Waals surface area contributed by atoms with Gasteiger partial charge in [0.15, 0.2) is 0 Å². The minimum atomic E-state index is -3.58. The fourth-order valence-corrected chi connectivity index (χ4v) is 6.28. The van der Waals surface area contributed by atoms with Gasteiger partial charge in [0.05, 0.1) is 10.6 Å². The largest absolute Gasteiger partial charge is 0.411 e. The van der Waals surface area contributed by atoms with Crippen molar-refractivity contribution in [1.82, 2.24) is 19.4 Å². The van der Waals surface area contributed by atoms with Crippen LogP contribution in [0.1, 0.15) is 52.9 Å². The van der Waals surface area contributed by atoms with Gasteiger partial charge in [0.25, 0.3) is 5.22 Å². The van der Waals surface area contributed by atoms with E-state index in [0.29, 0.717) is 36.5 Å². The summed E-state index contributed by atoms with van der Waals surface area (Å²) in [5, 5.41) is 8.39. The number of hydrogen-bond acceptors (Lipinski definition) is 7. The smallest absolute Gasteiger partial charge is 0.277 e. The van der Waals surface area contributed by atoms with E-state index in [2.05, 4.69) is 10.2 Å². The number of sulfonamides is 1. The summed E-state index contributed by atoms with van der Waals surface area (Å²) in [6.45, 7) is 7.12. The Balaban J connectivity index is 1.67. The highest BCUT2D eigenvalue weighted by atomic mass is 32.2. The fraction of sp³-hybridized carbons (Fsp3) is 0.591. The highest BCUT2D eigenvalue weighted by Gasteiger charge is 2.25. The van der Waals surface area contributed by atoms with E-state index >= 15 is 0 Å². The second-order valence-electron chi connectivity index (χ2n) is 7.75. The number of hydrogen-bond donors (Lipinski definition) is 0. The van der Waals surface area contributed by atoms with Crippen LogP contribution in [0.3, 0.4) is 0 Å². The molecule has 0 spiro atoms. The lowest BCUT2D eigenvalue weighted by atomic mass is 9.94. The van der Waals surface area contributed by atoms with Crippen molar-refractivity contribution in [2.45, 2.75) is 69.0 Å². The summed E-state index contributed by atoms with van der Waals surface area (Å²) in [5.41, 5.74) is 0.529. The summed E-state index contributed by atoms with van der Waals surface area (Å²) in [6.07, 6.45) is 5.75. The summed E-state index contributed by atoms with van der Waals surface area (Å²) in [4.78, 5) is 14.9. The Morgan fingerprint density at radius 3 is 2.47 bits per heavy atom. The van der Waals surface area contributed by atoms with Crippen molar-refractivity contribution < 1.29 is 17.6 Å². The lowest BCUT2D eigenvalue weighted by molar-refractivity contribution is -0.131. The molecule has 1 saturated carbocycles. The van der Waals surface area contributed by atoms with Crippen LogP contribution in [-0.2, 0) is 14.8 Å². The summed E-state index contributed by atoms with van der Waals surface area (Å²) < 4.78 is 32.7. The van der Waals surface area contributed by atoms with Crippen molar-refractivity contribution in [3.8, 4) is 11.5 Å². The topological polar surface area (TPSA) is 96.6 Å². The predicted octanol–water partition coefficient (Wildman–Crippen LogP) is 4.04. The first-order valence-corrected chi connectivity index (χ1v) is 13.7. The molecule has 1 aliphatic carbocycles. The van der Waals surface area contributed by atoms with Crippen molar-refractivity contribution >= 4 is 27.7 Å². The Hall–Kier alpha value is -1.91. The molecule has 0 atom stereocenters. The number of rotatable bonds is 10. The molecule has 1 fully saturated rings. The molecule has 3 rings (SSSR count). The van der Waals surface area contributed by atoms with Gasteiger partial charge in [-0.15, -0.1) is 10.2 Å². The third-order valence-electron chi connectivity index (χ3n) is 5.83. The Morgan fingerprint density at radius 2 is 1.81 bits per heavy atom. The summed E-state index contributed by atoms with van der Waals surface area (Å²) >= 11 is 1.22. The average Bonchev–Trinajstić information content (AvgIpc) is 3.29. The highest BCUT2D eigenvalue weighted by Crippen LogP contribution is 2.27. The van der Waals surface area contributed by atoms with Crippen LogP contribution in [0.5, 0.6) is 0 Å². The quantitative estimate of drug-likeness (QED) is 0.473. The van der Waals surface area contributed by atoms with Crippen LogP contribution in [0.25, 0.3) is 11.5 Å². The van der Waals surface area contributed by atoms with Crippen molar-refractivity contribution in [1.29, 1.82) is 0 Å². The van der Waals surface area contributed by atoms with Crippen molar-refractivity contribution in [2.24, 2.45) is 0 Å². The van der Waals surface area contributed by atoms with Crippen LogP contribution >= 0.6 is 11.8 Å². The third-order valence-corrected chi connectivity index (χ3v) is 8.68. The molecule has 1 amide bonds. The van der Waals surface area contributed by atoms with E-state index in [1.54, 1.807) is 24.3 Å². The van der Waals surface area contributed by atoms with Gasteiger partial charge in [-0.2, -0.15) is 4.31 Å². The average molecular weight is 481 g/mol. The van der Waals surface area contributed by atoms with Gasteiger partial charge in [0.2, 0.25) is 21.8 Å². The number of carbonyl (C=O) groups is 1. The van der Waals surface area contributed by atoms with E-state index in [0.717, 1.165) is 12.8 Å². The molecule has 0 unspecified atom stereocenters. The van der Waals surface area contributed by atoms with Crippen LogP contribution in [0.2, 0.25) is 0 Å². The van der Waals surface area contributed by atoms with E-state index in [1.165, 1.54) is 35.3 Å². The normalized spacial score (nSPS) is 15.2. The molecule has 176 valence electrons. The van der Waals surface area contributed by atoms with Crippen molar-refractivity contribution in [3.05, 3.63) is 24.3 Å². The van der Waals surface area contributed by atoms with Gasteiger partial charge >= 0.3 is 0 Å². The van der Waals surface area contributed by atoms with Gasteiger partial charge in [0, 0.05) is 31.2 Å². The molecular formula is C22H32N4O4S2. The Labute approximate surface area is 194 Å². The molecule has 0 saturated heterocycles. The minimum absolute atomic E-state index is 0.0801. The van der Waals surface area contributed by atoms with Crippen LogP contribution in [0.15, 0.2) is 38.8 Å². The first kappa shape index (κ1) is 24.7. The van der Waals surface area contributed by atoms with E-state index in [4.69, 9.17) is 4.42 Å². The zero-order valence-corrected chi connectivity index (χ0v) is 20.6. The second-order valence-corrected chi connectivity index (χ2v) is 10.6. The van der Waals surface area contributed by atoms with Crippen LogP contribution < -0.4 is 0 Å². The van der Waals surface area contributed by atoms with E-state index in [1.807, 2.05) is 25.7 Å². The maximum atomic E-state index is 12.8. The molecule has 1 aliphatic rings. The lowest BCUT2D eigenvalue weighted by Gasteiger charge is -2.33. The van der Waals surface area contributed by atoms with Gasteiger partial charge in [-0.1, -0.05) is 50.9 Å². The number of thioether (sulfide) groups is 1. The van der Waals surface area contributed by atoms with Crippen LogP contribution in [0, 0.1) is 0 Å². The molecule has 1 aromatic carbocycles. The monoisotopic (exact) mass is 480 g/mol. The molecule has 0 radical (unpaired) electrons. The summed E-state index contributed by atoms with van der Waals surface area (Å²) in [6, 6.07) is 6.83. The van der Waals surface area contributed by atoms with Gasteiger partial charge in [0.1, 0.15) is 0 Å². The molecule has 1 heterocycles. The van der Waals surface area contributed by atoms with Crippen molar-refractivity contribution in [3.63, 3.8) is 0 Å². The molecule has 1 aromatic heterocycles. The highest BCUT2D eigenvalue weighted by molar-refractivity contribution is 7.99. The summed E-state index contributed by atoms with van der Waals surface area (Å²) in [5.74, 6) is 0.551.